The van der Waals surface area contributed by atoms with Crippen LogP contribution in [0.5, 0.6) is 0 Å². The summed E-state index contributed by atoms with van der Waals surface area (Å²) in [6, 6.07) is 0. The number of esters is 2. The van der Waals surface area contributed by atoms with Crippen LogP contribution in [0.1, 0.15) is 13.3 Å². The summed E-state index contributed by atoms with van der Waals surface area (Å²) >= 11 is 0. The van der Waals surface area contributed by atoms with E-state index in [9.17, 15) is 9.59 Å². The van der Waals surface area contributed by atoms with Crippen molar-refractivity contribution in [1.82, 2.24) is 0 Å². The van der Waals surface area contributed by atoms with Crippen molar-refractivity contribution >= 4 is 11.9 Å². The average Bonchev–Trinajstić information content (AvgIpc) is 2.26. The maximum atomic E-state index is 10.4. The Bertz CT molecular complexity index is 206. The van der Waals surface area contributed by atoms with Crippen molar-refractivity contribution in [1.29, 1.82) is 0 Å². The Morgan fingerprint density at radius 3 is 2.17 bits per heavy atom. The summed E-state index contributed by atoms with van der Waals surface area (Å²) in [5, 5.41) is 18.2. The zero-order chi connectivity index (χ0) is 9.35. The molecule has 1 aliphatic heterocycles. The lowest BCUT2D eigenvalue weighted by Gasteiger charge is -2.22. The molecule has 68 valence electrons. The van der Waals surface area contributed by atoms with Crippen LogP contribution in [0, 0.1) is 0 Å². The molecule has 0 radical (unpaired) electrons. The Kier molecular flexibility index (Phi) is 2.03. The molecule has 6 nitrogen and oxygen atoms in total. The number of hydrogen-bond donors (Lipinski definition) is 2. The summed E-state index contributed by atoms with van der Waals surface area (Å²) in [6.07, 6.45) is -1.33. The van der Waals surface area contributed by atoms with Gasteiger partial charge in [0.15, 0.2) is 6.10 Å². The minimum atomic E-state index is -2.50. The molecule has 1 atom stereocenters. The van der Waals surface area contributed by atoms with Gasteiger partial charge < -0.3 is 19.7 Å². The minimum absolute atomic E-state index is 0.0943. The van der Waals surface area contributed by atoms with Gasteiger partial charge in [0.2, 0.25) is 0 Å². The van der Waals surface area contributed by atoms with Crippen LogP contribution in [0.25, 0.3) is 0 Å². The predicted octanol–water partition coefficient (Wildman–Crippen LogP) is -1.50. The molecule has 0 aliphatic carbocycles. The van der Waals surface area contributed by atoms with E-state index in [0.717, 1.165) is 0 Å². The Hall–Kier alpha value is -1.14. The van der Waals surface area contributed by atoms with Gasteiger partial charge in [-0.3, -0.25) is 0 Å². The van der Waals surface area contributed by atoms with Crippen molar-refractivity contribution in [3.05, 3.63) is 0 Å². The molecule has 1 aliphatic rings. The van der Waals surface area contributed by atoms with Crippen molar-refractivity contribution in [2.45, 2.75) is 25.4 Å². The third kappa shape index (κ3) is 1.26. The lowest BCUT2D eigenvalue weighted by molar-refractivity contribution is -0.333. The molecule has 1 rings (SSSR count). The molecule has 0 aromatic rings. The first kappa shape index (κ1) is 8.95. The van der Waals surface area contributed by atoms with Crippen LogP contribution in [0.15, 0.2) is 0 Å². The second-order valence-corrected chi connectivity index (χ2v) is 2.33. The third-order valence-corrected chi connectivity index (χ3v) is 1.45. The maximum absolute atomic E-state index is 10.4. The van der Waals surface area contributed by atoms with Gasteiger partial charge in [-0.05, 0) is 6.42 Å². The summed E-state index contributed by atoms with van der Waals surface area (Å²) in [7, 11) is 0. The molecule has 6 heteroatoms. The maximum Gasteiger partial charge on any atom is 0.422 e. The van der Waals surface area contributed by atoms with Gasteiger partial charge in [0, 0.05) is 0 Å². The first-order valence-electron chi connectivity index (χ1n) is 3.36. The van der Waals surface area contributed by atoms with Crippen LogP contribution >= 0.6 is 0 Å². The lowest BCUT2D eigenvalue weighted by atomic mass is 10.2. The van der Waals surface area contributed by atoms with Gasteiger partial charge in [-0.1, -0.05) is 6.92 Å². The van der Waals surface area contributed by atoms with Crippen LogP contribution in [-0.2, 0) is 19.1 Å². The molecule has 1 saturated heterocycles. The molecule has 0 bridgehead atoms. The molecule has 0 aromatic carbocycles. The Morgan fingerprint density at radius 2 is 1.83 bits per heavy atom. The van der Waals surface area contributed by atoms with Crippen molar-refractivity contribution < 1.29 is 29.3 Å². The van der Waals surface area contributed by atoms with Crippen molar-refractivity contribution in [2.24, 2.45) is 0 Å². The molecule has 0 amide bonds. The van der Waals surface area contributed by atoms with E-state index in [1.54, 1.807) is 0 Å². The number of carbonyl (C=O) groups excluding carboxylic acids is 2. The smallest absolute Gasteiger partial charge is 0.387 e. The molecule has 1 heterocycles. The van der Waals surface area contributed by atoms with E-state index in [2.05, 4.69) is 9.47 Å². The zero-order valence-electron chi connectivity index (χ0n) is 6.31. The summed E-state index contributed by atoms with van der Waals surface area (Å²) in [5.41, 5.74) is 0. The van der Waals surface area contributed by atoms with E-state index in [0.29, 0.717) is 0 Å². The van der Waals surface area contributed by atoms with Gasteiger partial charge in [0.1, 0.15) is 0 Å². The molecular formula is C6H8O6. The average molecular weight is 176 g/mol. The number of rotatable bonds is 2. The summed E-state index contributed by atoms with van der Waals surface area (Å²) < 4.78 is 8.22. The summed E-state index contributed by atoms with van der Waals surface area (Å²) in [4.78, 5) is 20.9. The lowest BCUT2D eigenvalue weighted by Crippen LogP contribution is -2.43. The van der Waals surface area contributed by atoms with Crippen molar-refractivity contribution in [3.63, 3.8) is 0 Å². The molecule has 0 aromatic heterocycles. The number of hydrogen-bond acceptors (Lipinski definition) is 6. The van der Waals surface area contributed by atoms with Crippen LogP contribution in [0.3, 0.4) is 0 Å². The Morgan fingerprint density at radius 1 is 1.42 bits per heavy atom. The fraction of sp³-hybridized carbons (Fsp3) is 0.667. The topological polar surface area (TPSA) is 93.1 Å². The first-order valence-corrected chi connectivity index (χ1v) is 3.36. The van der Waals surface area contributed by atoms with E-state index in [1.807, 2.05) is 0 Å². The number of ether oxygens (including phenoxy) is 2. The Labute approximate surface area is 67.7 Å². The molecule has 0 saturated carbocycles. The standard InChI is InChI=1S/C6H8O6/c1-2-3(7)6(10)11-4(8)5(9)12-6/h3,7,10H,2H2,1H3. The van der Waals surface area contributed by atoms with Gasteiger partial charge >= 0.3 is 17.9 Å². The SMILES string of the molecule is CCC(O)C1(O)OC(=O)C(=O)O1. The minimum Gasteiger partial charge on any atom is -0.387 e. The van der Waals surface area contributed by atoms with Crippen LogP contribution in [-0.4, -0.2) is 34.2 Å². The number of aliphatic hydroxyl groups excluding tert-OH is 1. The highest BCUT2D eigenvalue weighted by molar-refractivity contribution is 6.31. The van der Waals surface area contributed by atoms with E-state index in [1.165, 1.54) is 6.92 Å². The second kappa shape index (κ2) is 2.72. The number of aliphatic hydroxyl groups is 2. The van der Waals surface area contributed by atoms with Crippen LogP contribution < -0.4 is 0 Å². The van der Waals surface area contributed by atoms with E-state index < -0.39 is 24.0 Å². The molecule has 12 heavy (non-hydrogen) atoms. The van der Waals surface area contributed by atoms with E-state index in [4.69, 9.17) is 10.2 Å². The molecular weight excluding hydrogens is 168 g/mol. The zero-order valence-corrected chi connectivity index (χ0v) is 6.31. The summed E-state index contributed by atoms with van der Waals surface area (Å²) in [6.45, 7) is 1.53. The van der Waals surface area contributed by atoms with Gasteiger partial charge in [0.05, 0.1) is 0 Å². The van der Waals surface area contributed by atoms with Gasteiger partial charge in [0.25, 0.3) is 0 Å². The number of carbonyl (C=O) groups is 2. The van der Waals surface area contributed by atoms with Gasteiger partial charge in [-0.15, -0.1) is 0 Å². The highest BCUT2D eigenvalue weighted by Crippen LogP contribution is 2.23. The molecule has 2 N–H and O–H groups in total. The van der Waals surface area contributed by atoms with Gasteiger partial charge in [-0.2, -0.15) is 0 Å². The normalized spacial score (nSPS) is 23.2. The first-order chi connectivity index (χ1) is 5.49. The third-order valence-electron chi connectivity index (χ3n) is 1.45. The predicted molar refractivity (Wildman–Crippen MR) is 33.4 cm³/mol. The largest absolute Gasteiger partial charge is 0.422 e. The molecule has 1 fully saturated rings. The van der Waals surface area contributed by atoms with E-state index >= 15 is 0 Å². The molecule has 0 spiro atoms. The fourth-order valence-corrected chi connectivity index (χ4v) is 0.764. The van der Waals surface area contributed by atoms with Crippen molar-refractivity contribution in [2.75, 3.05) is 0 Å². The van der Waals surface area contributed by atoms with Crippen LogP contribution in [0.4, 0.5) is 0 Å². The highest BCUT2D eigenvalue weighted by atomic mass is 16.9. The Balaban J connectivity index is 2.76. The number of cyclic esters (lactones) is 2. The highest BCUT2D eigenvalue weighted by Gasteiger charge is 2.52. The van der Waals surface area contributed by atoms with E-state index in [-0.39, 0.29) is 6.42 Å². The second-order valence-electron chi connectivity index (χ2n) is 2.33. The quantitative estimate of drug-likeness (QED) is 0.393. The van der Waals surface area contributed by atoms with Gasteiger partial charge in [-0.25, -0.2) is 9.59 Å². The monoisotopic (exact) mass is 176 g/mol. The fourth-order valence-electron chi connectivity index (χ4n) is 0.764. The summed E-state index contributed by atoms with van der Waals surface area (Å²) in [5.74, 6) is -5.10. The van der Waals surface area contributed by atoms with Crippen molar-refractivity contribution in [3.8, 4) is 0 Å². The van der Waals surface area contributed by atoms with Crippen LogP contribution in [0.2, 0.25) is 0 Å². The molecule has 1 unspecified atom stereocenters.